The fourth-order valence-corrected chi connectivity index (χ4v) is 6.60. The summed E-state index contributed by atoms with van der Waals surface area (Å²) in [5, 5.41) is 8.68. The molecule has 3 amide bonds. The monoisotopic (exact) mass is 627 g/mol. The van der Waals surface area contributed by atoms with E-state index in [-0.39, 0.29) is 24.0 Å². The van der Waals surface area contributed by atoms with E-state index in [0.717, 1.165) is 51.1 Å². The van der Waals surface area contributed by atoms with Crippen molar-refractivity contribution < 1.29 is 19.1 Å². The second-order valence-corrected chi connectivity index (χ2v) is 12.2. The lowest BCUT2D eigenvalue weighted by atomic mass is 10.2. The highest BCUT2D eigenvalue weighted by Gasteiger charge is 2.39. The Morgan fingerprint density at radius 3 is 2.07 bits per heavy atom. The average Bonchev–Trinajstić information content (AvgIpc) is 3.70. The smallest absolute Gasteiger partial charge is 0.323 e. The number of rotatable bonds is 9. The Balaban J connectivity index is 0.982. The zero-order valence-electron chi connectivity index (χ0n) is 26.0. The first-order valence-electron chi connectivity index (χ1n) is 16.3. The lowest BCUT2D eigenvalue weighted by Crippen LogP contribution is -2.47. The SMILES string of the molecule is O=C(Nc1ccc(C(=O)NCCN2CCCC2)cc1)Nc1ccc(-c2nc(N3CCOCC3)nc(N3C4CCC3COC4)n2)cc1. The van der Waals surface area contributed by atoms with Crippen LogP contribution in [0, 0.1) is 0 Å². The molecular formula is C33H41N9O4. The van der Waals surface area contributed by atoms with Crippen molar-refractivity contribution in [2.45, 2.75) is 37.8 Å². The molecular weight excluding hydrogens is 586 g/mol. The average molecular weight is 628 g/mol. The highest BCUT2D eigenvalue weighted by atomic mass is 16.5. The van der Waals surface area contributed by atoms with Crippen LogP contribution in [0.3, 0.4) is 0 Å². The van der Waals surface area contributed by atoms with Crippen molar-refractivity contribution in [3.63, 3.8) is 0 Å². The van der Waals surface area contributed by atoms with Gasteiger partial charge in [0.2, 0.25) is 11.9 Å². The number of hydrogen-bond donors (Lipinski definition) is 3. The summed E-state index contributed by atoms with van der Waals surface area (Å²) < 4.78 is 11.4. The second kappa shape index (κ2) is 14.0. The van der Waals surface area contributed by atoms with Crippen molar-refractivity contribution in [3.05, 3.63) is 54.1 Å². The van der Waals surface area contributed by atoms with Gasteiger partial charge in [0.15, 0.2) is 5.82 Å². The van der Waals surface area contributed by atoms with Gasteiger partial charge in [-0.05, 0) is 87.3 Å². The number of morpholine rings is 2. The van der Waals surface area contributed by atoms with Crippen LogP contribution >= 0.6 is 0 Å². The fourth-order valence-electron chi connectivity index (χ4n) is 6.60. The summed E-state index contributed by atoms with van der Waals surface area (Å²) in [6.07, 6.45) is 4.60. The number of nitrogens with one attached hydrogen (secondary N) is 3. The van der Waals surface area contributed by atoms with Crippen LogP contribution in [-0.2, 0) is 9.47 Å². The summed E-state index contributed by atoms with van der Waals surface area (Å²) in [5.41, 5.74) is 2.61. The highest BCUT2D eigenvalue weighted by molar-refractivity contribution is 6.00. The Hall–Kier alpha value is -4.33. The molecule has 1 aromatic heterocycles. The number of amides is 3. The van der Waals surface area contributed by atoms with Crippen LogP contribution in [0.2, 0.25) is 0 Å². The van der Waals surface area contributed by atoms with E-state index in [1.807, 2.05) is 24.3 Å². The zero-order chi connectivity index (χ0) is 31.3. The third-order valence-corrected chi connectivity index (χ3v) is 9.10. The minimum absolute atomic E-state index is 0.116. The third kappa shape index (κ3) is 7.06. The molecule has 2 atom stereocenters. The number of fused-ring (bicyclic) bond motifs is 2. The number of ether oxygens (including phenoxy) is 2. The number of benzene rings is 2. The molecule has 2 aromatic carbocycles. The molecule has 4 aliphatic rings. The molecule has 46 heavy (non-hydrogen) atoms. The van der Waals surface area contributed by atoms with Crippen LogP contribution in [-0.4, -0.2) is 110 Å². The van der Waals surface area contributed by atoms with Crippen LogP contribution in [0.25, 0.3) is 11.4 Å². The van der Waals surface area contributed by atoms with E-state index in [0.29, 0.717) is 67.6 Å². The molecule has 5 heterocycles. The standard InChI is InChI=1S/C33H41N9O4/c43-30(34-13-16-40-14-1-2-15-40)24-5-9-26(10-6-24)36-33(44)35-25-7-3-23(4-8-25)29-37-31(41-17-19-45-20-18-41)39-32(38-29)42-27-11-12-28(42)22-46-21-27/h3-10,27-28H,1-2,11-22H2,(H,34,43)(H2,35,36,44). The van der Waals surface area contributed by atoms with E-state index in [4.69, 9.17) is 24.4 Å². The van der Waals surface area contributed by atoms with Gasteiger partial charge < -0.3 is 40.1 Å². The van der Waals surface area contributed by atoms with E-state index >= 15 is 0 Å². The molecule has 2 bridgehead atoms. The van der Waals surface area contributed by atoms with Crippen molar-refractivity contribution in [1.29, 1.82) is 0 Å². The summed E-state index contributed by atoms with van der Waals surface area (Å²) >= 11 is 0. The third-order valence-electron chi connectivity index (χ3n) is 9.10. The number of nitrogens with zero attached hydrogens (tertiary/aromatic N) is 6. The van der Waals surface area contributed by atoms with Gasteiger partial charge in [0.25, 0.3) is 5.91 Å². The molecule has 242 valence electrons. The summed E-state index contributed by atoms with van der Waals surface area (Å²) in [7, 11) is 0. The van der Waals surface area contributed by atoms with Gasteiger partial charge >= 0.3 is 6.03 Å². The van der Waals surface area contributed by atoms with Crippen LogP contribution < -0.4 is 25.8 Å². The van der Waals surface area contributed by atoms with Crippen LogP contribution in [0.5, 0.6) is 0 Å². The summed E-state index contributed by atoms with van der Waals surface area (Å²) in [6.45, 7) is 7.81. The quantitative estimate of drug-likeness (QED) is 0.324. The van der Waals surface area contributed by atoms with Gasteiger partial charge in [-0.15, -0.1) is 0 Å². The zero-order valence-corrected chi connectivity index (χ0v) is 26.0. The summed E-state index contributed by atoms with van der Waals surface area (Å²) in [5.74, 6) is 1.82. The van der Waals surface area contributed by atoms with Gasteiger partial charge in [-0.25, -0.2) is 4.79 Å². The fraction of sp³-hybridized carbons (Fsp3) is 0.485. The molecule has 4 aliphatic heterocycles. The molecule has 2 unspecified atom stereocenters. The second-order valence-electron chi connectivity index (χ2n) is 12.2. The predicted octanol–water partition coefficient (Wildman–Crippen LogP) is 3.21. The van der Waals surface area contributed by atoms with Gasteiger partial charge in [-0.1, -0.05) is 0 Å². The van der Waals surface area contributed by atoms with Gasteiger partial charge in [0.05, 0.1) is 38.5 Å². The van der Waals surface area contributed by atoms with Crippen molar-refractivity contribution in [1.82, 2.24) is 25.2 Å². The van der Waals surface area contributed by atoms with E-state index in [1.54, 1.807) is 24.3 Å². The van der Waals surface area contributed by atoms with Gasteiger partial charge in [0.1, 0.15) is 0 Å². The number of urea groups is 1. The molecule has 4 saturated heterocycles. The lowest BCUT2D eigenvalue weighted by molar-refractivity contribution is 0.0897. The van der Waals surface area contributed by atoms with Gasteiger partial charge in [-0.2, -0.15) is 15.0 Å². The van der Waals surface area contributed by atoms with Crippen LogP contribution in [0.1, 0.15) is 36.0 Å². The minimum Gasteiger partial charge on any atom is -0.378 e. The first-order chi connectivity index (χ1) is 22.6. The topological polar surface area (TPSA) is 137 Å². The van der Waals surface area contributed by atoms with Gasteiger partial charge in [-0.3, -0.25) is 4.79 Å². The Morgan fingerprint density at radius 2 is 1.39 bits per heavy atom. The summed E-state index contributed by atoms with van der Waals surface area (Å²) in [6, 6.07) is 14.5. The molecule has 0 radical (unpaired) electrons. The number of carbonyl (C=O) groups excluding carboxylic acids is 2. The van der Waals surface area contributed by atoms with Crippen molar-refractivity contribution in [3.8, 4) is 11.4 Å². The highest BCUT2D eigenvalue weighted by Crippen LogP contribution is 2.34. The van der Waals surface area contributed by atoms with E-state index < -0.39 is 0 Å². The molecule has 7 rings (SSSR count). The predicted molar refractivity (Wildman–Crippen MR) is 175 cm³/mol. The van der Waals surface area contributed by atoms with Crippen LogP contribution in [0.15, 0.2) is 48.5 Å². The lowest BCUT2D eigenvalue weighted by Gasteiger charge is -2.35. The molecule has 13 heteroatoms. The van der Waals surface area contributed by atoms with Crippen LogP contribution in [0.4, 0.5) is 28.1 Å². The molecule has 4 fully saturated rings. The molecule has 3 N–H and O–H groups in total. The number of carbonyl (C=O) groups is 2. The Labute approximate surface area is 268 Å². The largest absolute Gasteiger partial charge is 0.378 e. The molecule has 0 saturated carbocycles. The van der Waals surface area contributed by atoms with E-state index in [1.165, 1.54) is 12.8 Å². The molecule has 0 spiro atoms. The first kappa shape index (κ1) is 30.3. The Kier molecular flexibility index (Phi) is 9.22. The molecule has 3 aromatic rings. The normalized spacial score (nSPS) is 21.3. The van der Waals surface area contributed by atoms with Crippen molar-refractivity contribution >= 4 is 35.2 Å². The summed E-state index contributed by atoms with van der Waals surface area (Å²) in [4.78, 5) is 46.8. The number of likely N-dealkylation sites (tertiary alicyclic amines) is 1. The maximum atomic E-state index is 12.8. The Bertz CT molecular complexity index is 1490. The van der Waals surface area contributed by atoms with E-state index in [2.05, 4.69) is 30.7 Å². The van der Waals surface area contributed by atoms with Gasteiger partial charge in [0, 0.05) is 48.7 Å². The number of hydrogen-bond acceptors (Lipinski definition) is 10. The molecule has 13 nitrogen and oxygen atoms in total. The minimum atomic E-state index is -0.379. The van der Waals surface area contributed by atoms with Crippen molar-refractivity contribution in [2.75, 3.05) is 86.1 Å². The first-order valence-corrected chi connectivity index (χ1v) is 16.3. The maximum absolute atomic E-state index is 12.8. The van der Waals surface area contributed by atoms with E-state index in [9.17, 15) is 9.59 Å². The van der Waals surface area contributed by atoms with Crippen molar-refractivity contribution in [2.24, 2.45) is 0 Å². The Morgan fingerprint density at radius 1 is 0.761 bits per heavy atom. The number of aromatic nitrogens is 3. The number of anilines is 4. The molecule has 0 aliphatic carbocycles. The maximum Gasteiger partial charge on any atom is 0.323 e.